The Balaban J connectivity index is 1.99. The molecule has 5 heteroatoms. The molecule has 0 radical (unpaired) electrons. The number of anilines is 1. The summed E-state index contributed by atoms with van der Waals surface area (Å²) in [6.45, 7) is 2.17. The summed E-state index contributed by atoms with van der Waals surface area (Å²) in [5, 5.41) is 13.7. The zero-order valence-electron chi connectivity index (χ0n) is 10.2. The fourth-order valence-corrected chi connectivity index (χ4v) is 2.19. The highest BCUT2D eigenvalue weighted by Crippen LogP contribution is 2.24. The lowest BCUT2D eigenvalue weighted by Gasteiger charge is -2.16. The van der Waals surface area contributed by atoms with Gasteiger partial charge in [0.1, 0.15) is 5.82 Å². The molecule has 2 atom stereocenters. The van der Waals surface area contributed by atoms with Gasteiger partial charge in [0.25, 0.3) is 5.91 Å². The van der Waals surface area contributed by atoms with E-state index in [9.17, 15) is 4.79 Å². The summed E-state index contributed by atoms with van der Waals surface area (Å²) in [4.78, 5) is 11.9. The van der Waals surface area contributed by atoms with E-state index in [1.807, 2.05) is 0 Å². The second kappa shape index (κ2) is 5.12. The van der Waals surface area contributed by atoms with Crippen LogP contribution in [-0.2, 0) is 0 Å². The van der Waals surface area contributed by atoms with Gasteiger partial charge in [0.05, 0.1) is 0 Å². The molecule has 1 aliphatic carbocycles. The lowest BCUT2D eigenvalue weighted by molar-refractivity contribution is 0.0923. The van der Waals surface area contributed by atoms with Crippen molar-refractivity contribution in [3.8, 4) is 0 Å². The predicted molar refractivity (Wildman–Crippen MR) is 65.8 cm³/mol. The molecule has 0 aliphatic heterocycles. The Kier molecular flexibility index (Phi) is 3.56. The molecular formula is C12H18N4O. The quantitative estimate of drug-likeness (QED) is 0.830. The second-order valence-electron chi connectivity index (χ2n) is 4.54. The number of nitrogens with zero attached hydrogens (tertiary/aromatic N) is 2. The summed E-state index contributed by atoms with van der Waals surface area (Å²) in [5.74, 6) is 1.10. The van der Waals surface area contributed by atoms with Crippen LogP contribution in [0.3, 0.4) is 0 Å². The summed E-state index contributed by atoms with van der Waals surface area (Å²) in [6, 6.07) is 3.72. The molecule has 92 valence electrons. The molecule has 1 amide bonds. The summed E-state index contributed by atoms with van der Waals surface area (Å²) in [6.07, 6.45) is 3.45. The van der Waals surface area contributed by atoms with Crippen LogP contribution in [0.15, 0.2) is 12.1 Å². The number of hydrogen-bond donors (Lipinski definition) is 2. The van der Waals surface area contributed by atoms with Gasteiger partial charge in [-0.2, -0.15) is 0 Å². The fourth-order valence-electron chi connectivity index (χ4n) is 2.19. The summed E-state index contributed by atoms with van der Waals surface area (Å²) < 4.78 is 0. The Morgan fingerprint density at radius 1 is 1.35 bits per heavy atom. The highest BCUT2D eigenvalue weighted by molar-refractivity contribution is 5.92. The minimum absolute atomic E-state index is 0.126. The fraction of sp³-hybridized carbons (Fsp3) is 0.583. The van der Waals surface area contributed by atoms with Gasteiger partial charge in [-0.05, 0) is 30.9 Å². The molecule has 1 aromatic heterocycles. The van der Waals surface area contributed by atoms with Crippen molar-refractivity contribution in [3.05, 3.63) is 17.8 Å². The zero-order valence-corrected chi connectivity index (χ0v) is 10.2. The molecule has 1 aliphatic rings. The molecule has 0 aromatic carbocycles. The minimum Gasteiger partial charge on any atom is -0.372 e. The van der Waals surface area contributed by atoms with E-state index in [-0.39, 0.29) is 11.9 Å². The van der Waals surface area contributed by atoms with E-state index in [2.05, 4.69) is 27.8 Å². The number of nitrogens with one attached hydrogen (secondary N) is 2. The van der Waals surface area contributed by atoms with Gasteiger partial charge >= 0.3 is 0 Å². The molecule has 2 rings (SSSR count). The third-order valence-electron chi connectivity index (χ3n) is 3.33. The van der Waals surface area contributed by atoms with Crippen LogP contribution in [0.2, 0.25) is 0 Å². The van der Waals surface area contributed by atoms with Gasteiger partial charge in [0, 0.05) is 13.1 Å². The number of amides is 1. The molecule has 2 N–H and O–H groups in total. The van der Waals surface area contributed by atoms with E-state index in [0.717, 1.165) is 6.42 Å². The Bertz CT molecular complexity index is 390. The normalized spacial score (nSPS) is 23.4. The number of carbonyl (C=O) groups excluding carboxylic acids is 1. The molecule has 0 saturated heterocycles. The van der Waals surface area contributed by atoms with Crippen LogP contribution in [0.1, 0.15) is 36.7 Å². The van der Waals surface area contributed by atoms with Crippen LogP contribution in [0, 0.1) is 5.92 Å². The first-order valence-electron chi connectivity index (χ1n) is 6.03. The lowest BCUT2D eigenvalue weighted by Crippen LogP contribution is -2.36. The van der Waals surface area contributed by atoms with Crippen LogP contribution >= 0.6 is 0 Å². The van der Waals surface area contributed by atoms with Crippen molar-refractivity contribution in [3.63, 3.8) is 0 Å². The highest BCUT2D eigenvalue weighted by atomic mass is 16.2. The molecule has 17 heavy (non-hydrogen) atoms. The molecule has 1 saturated carbocycles. The maximum absolute atomic E-state index is 11.9. The molecule has 0 bridgehead atoms. The standard InChI is InChI=1S/C12H18N4O/c1-8-4-3-5-9(8)14-12(17)10-6-7-11(13-2)16-15-10/h6-9H,3-5H2,1-2H3,(H,13,16)(H,14,17). The van der Waals surface area contributed by atoms with Gasteiger partial charge in [-0.25, -0.2) is 0 Å². The van der Waals surface area contributed by atoms with Crippen LogP contribution < -0.4 is 10.6 Å². The van der Waals surface area contributed by atoms with Gasteiger partial charge in [-0.1, -0.05) is 13.3 Å². The van der Waals surface area contributed by atoms with E-state index in [4.69, 9.17) is 0 Å². The van der Waals surface area contributed by atoms with Crippen molar-refractivity contribution in [2.24, 2.45) is 5.92 Å². The van der Waals surface area contributed by atoms with E-state index >= 15 is 0 Å². The number of rotatable bonds is 3. The topological polar surface area (TPSA) is 66.9 Å². The Labute approximate surface area is 101 Å². The SMILES string of the molecule is CNc1ccc(C(=O)NC2CCCC2C)nn1. The van der Waals surface area contributed by atoms with Crippen LogP contribution in [-0.4, -0.2) is 29.2 Å². The van der Waals surface area contributed by atoms with E-state index < -0.39 is 0 Å². The summed E-state index contributed by atoms with van der Waals surface area (Å²) in [5.41, 5.74) is 0.378. The number of carbonyl (C=O) groups is 1. The Hall–Kier alpha value is -1.65. The van der Waals surface area contributed by atoms with Crippen molar-refractivity contribution in [1.29, 1.82) is 0 Å². The van der Waals surface area contributed by atoms with Gasteiger partial charge in [0.2, 0.25) is 0 Å². The van der Waals surface area contributed by atoms with E-state index in [0.29, 0.717) is 17.4 Å². The van der Waals surface area contributed by atoms with Crippen molar-refractivity contribution < 1.29 is 4.79 Å². The van der Waals surface area contributed by atoms with Crippen molar-refractivity contribution in [2.45, 2.75) is 32.2 Å². The van der Waals surface area contributed by atoms with Gasteiger partial charge < -0.3 is 10.6 Å². The average Bonchev–Trinajstić information content (AvgIpc) is 2.75. The third kappa shape index (κ3) is 2.72. The van der Waals surface area contributed by atoms with Crippen molar-refractivity contribution in [2.75, 3.05) is 12.4 Å². The van der Waals surface area contributed by atoms with Crippen molar-refractivity contribution >= 4 is 11.7 Å². The molecule has 1 aromatic rings. The third-order valence-corrected chi connectivity index (χ3v) is 3.33. The first-order valence-corrected chi connectivity index (χ1v) is 6.03. The first kappa shape index (κ1) is 11.8. The molecule has 5 nitrogen and oxygen atoms in total. The average molecular weight is 234 g/mol. The summed E-state index contributed by atoms with van der Waals surface area (Å²) >= 11 is 0. The van der Waals surface area contributed by atoms with Gasteiger partial charge in [-0.15, -0.1) is 10.2 Å². The van der Waals surface area contributed by atoms with Crippen LogP contribution in [0.5, 0.6) is 0 Å². The van der Waals surface area contributed by atoms with E-state index in [1.54, 1.807) is 19.2 Å². The van der Waals surface area contributed by atoms with Crippen molar-refractivity contribution in [1.82, 2.24) is 15.5 Å². The Morgan fingerprint density at radius 2 is 2.18 bits per heavy atom. The van der Waals surface area contributed by atoms with Gasteiger partial charge in [0.15, 0.2) is 5.69 Å². The molecule has 0 spiro atoms. The van der Waals surface area contributed by atoms with E-state index in [1.165, 1.54) is 12.8 Å². The first-order chi connectivity index (χ1) is 8.20. The molecule has 1 heterocycles. The maximum Gasteiger partial charge on any atom is 0.272 e. The zero-order chi connectivity index (χ0) is 12.3. The van der Waals surface area contributed by atoms with Crippen LogP contribution in [0.4, 0.5) is 5.82 Å². The molecule has 2 unspecified atom stereocenters. The Morgan fingerprint density at radius 3 is 2.71 bits per heavy atom. The minimum atomic E-state index is -0.126. The molecular weight excluding hydrogens is 216 g/mol. The molecule has 1 fully saturated rings. The monoisotopic (exact) mass is 234 g/mol. The van der Waals surface area contributed by atoms with Crippen LogP contribution in [0.25, 0.3) is 0 Å². The largest absolute Gasteiger partial charge is 0.372 e. The van der Waals surface area contributed by atoms with Gasteiger partial charge in [-0.3, -0.25) is 4.79 Å². The summed E-state index contributed by atoms with van der Waals surface area (Å²) in [7, 11) is 1.77. The highest BCUT2D eigenvalue weighted by Gasteiger charge is 2.25. The second-order valence-corrected chi connectivity index (χ2v) is 4.54. The number of hydrogen-bond acceptors (Lipinski definition) is 4. The predicted octanol–water partition coefficient (Wildman–Crippen LogP) is 1.44. The lowest BCUT2D eigenvalue weighted by atomic mass is 10.1. The smallest absolute Gasteiger partial charge is 0.272 e. The maximum atomic E-state index is 11.9. The number of aromatic nitrogens is 2.